The maximum absolute atomic E-state index is 11.5. The van der Waals surface area contributed by atoms with Crippen LogP contribution < -0.4 is 5.63 Å². The molecule has 0 aromatic carbocycles. The van der Waals surface area contributed by atoms with Gasteiger partial charge in [-0.1, -0.05) is 24.3 Å². The van der Waals surface area contributed by atoms with Crippen LogP contribution >= 0.6 is 0 Å². The number of ether oxygens (including phenoxy) is 1. The first-order valence-corrected chi connectivity index (χ1v) is 4.82. The van der Waals surface area contributed by atoms with Crippen molar-refractivity contribution in [3.8, 4) is 11.3 Å². The highest BCUT2D eigenvalue weighted by molar-refractivity contribution is 5.67. The normalized spacial score (nSPS) is 10.3. The van der Waals surface area contributed by atoms with E-state index in [0.29, 0.717) is 16.9 Å². The largest absolute Gasteiger partial charge is 0.461 e. The molecule has 0 saturated carbocycles. The molecule has 0 amide bonds. The first kappa shape index (κ1) is 10.4. The molecule has 4 heteroatoms. The molecule has 16 heavy (non-hydrogen) atoms. The number of furan rings is 1. The van der Waals surface area contributed by atoms with E-state index in [0.717, 1.165) is 0 Å². The highest BCUT2D eigenvalue weighted by Gasteiger charge is 2.16. The molecule has 0 spiro atoms. The lowest BCUT2D eigenvalue weighted by Gasteiger charge is -1.98. The van der Waals surface area contributed by atoms with E-state index < -0.39 is 11.6 Å². The molecule has 4 nitrogen and oxygen atoms in total. The van der Waals surface area contributed by atoms with Crippen LogP contribution in [0.1, 0.15) is 12.5 Å². The van der Waals surface area contributed by atoms with Gasteiger partial charge in [-0.2, -0.15) is 0 Å². The van der Waals surface area contributed by atoms with Crippen LogP contribution in [0.3, 0.4) is 0 Å². The van der Waals surface area contributed by atoms with Crippen molar-refractivity contribution in [3.05, 3.63) is 46.3 Å². The molecular weight excluding hydrogens is 208 g/mol. The second-order valence-corrected chi connectivity index (χ2v) is 3.34. The summed E-state index contributed by atoms with van der Waals surface area (Å²) in [7, 11) is 0. The van der Waals surface area contributed by atoms with Gasteiger partial charge in [0.05, 0.1) is 5.56 Å². The molecule has 0 aromatic rings. The summed E-state index contributed by atoms with van der Waals surface area (Å²) in [5.74, 6) is 0.0752. The van der Waals surface area contributed by atoms with Gasteiger partial charge in [0.1, 0.15) is 12.4 Å². The highest BCUT2D eigenvalue weighted by Crippen LogP contribution is 2.23. The zero-order valence-corrected chi connectivity index (χ0v) is 8.73. The first-order valence-electron chi connectivity index (χ1n) is 4.82. The van der Waals surface area contributed by atoms with Gasteiger partial charge in [-0.25, -0.2) is 4.79 Å². The van der Waals surface area contributed by atoms with Crippen LogP contribution in [0.25, 0.3) is 11.3 Å². The molecule has 2 aliphatic rings. The summed E-state index contributed by atoms with van der Waals surface area (Å²) >= 11 is 0. The summed E-state index contributed by atoms with van der Waals surface area (Å²) in [6, 6.07) is 8.87. The molecule has 1 aliphatic heterocycles. The van der Waals surface area contributed by atoms with Crippen molar-refractivity contribution < 1.29 is 13.9 Å². The fourth-order valence-electron chi connectivity index (χ4n) is 1.45. The topological polar surface area (TPSA) is 56.5 Å². The maximum Gasteiger partial charge on any atom is 0.343 e. The third kappa shape index (κ3) is 1.95. The van der Waals surface area contributed by atoms with Gasteiger partial charge in [-0.05, 0) is 6.07 Å². The van der Waals surface area contributed by atoms with Crippen molar-refractivity contribution in [1.82, 2.24) is 0 Å². The Bertz CT molecular complexity index is 541. The standard InChI is InChI=1S/C12H10O4/c1-8(13)15-7-10-9-5-3-2-4-6-11(9)16-12(10)14/h2-6H,7H2,1H3. The average Bonchev–Trinajstić information content (AvgIpc) is 2.40. The lowest BCUT2D eigenvalue weighted by molar-refractivity contribution is -0.142. The number of esters is 1. The Balaban J connectivity index is 2.44. The lowest BCUT2D eigenvalue weighted by atomic mass is 10.1. The molecule has 0 unspecified atom stereocenters. The van der Waals surface area contributed by atoms with Gasteiger partial charge in [0.25, 0.3) is 0 Å². The van der Waals surface area contributed by atoms with Crippen molar-refractivity contribution in [1.29, 1.82) is 0 Å². The van der Waals surface area contributed by atoms with Crippen LogP contribution in [-0.4, -0.2) is 5.97 Å². The van der Waals surface area contributed by atoms with Crippen LogP contribution in [0.4, 0.5) is 0 Å². The Morgan fingerprint density at radius 3 is 2.81 bits per heavy atom. The van der Waals surface area contributed by atoms with Gasteiger partial charge < -0.3 is 9.15 Å². The summed E-state index contributed by atoms with van der Waals surface area (Å²) in [4.78, 5) is 22.2. The van der Waals surface area contributed by atoms with E-state index in [1.54, 1.807) is 24.3 Å². The van der Waals surface area contributed by atoms with Gasteiger partial charge in [0.2, 0.25) is 0 Å². The van der Waals surface area contributed by atoms with Crippen molar-refractivity contribution in [2.24, 2.45) is 0 Å². The van der Waals surface area contributed by atoms with Crippen LogP contribution in [0, 0.1) is 0 Å². The van der Waals surface area contributed by atoms with Gasteiger partial charge >= 0.3 is 11.6 Å². The summed E-state index contributed by atoms with van der Waals surface area (Å²) in [5.41, 5.74) is 0.597. The van der Waals surface area contributed by atoms with Crippen molar-refractivity contribution in [3.63, 3.8) is 0 Å². The first-order chi connectivity index (χ1) is 7.68. The third-order valence-electron chi connectivity index (χ3n) is 2.19. The minimum absolute atomic E-state index is 0.0504. The van der Waals surface area contributed by atoms with Crippen LogP contribution in [0.5, 0.6) is 0 Å². The molecule has 0 bridgehead atoms. The number of hydrogen-bond donors (Lipinski definition) is 0. The predicted molar refractivity (Wildman–Crippen MR) is 57.1 cm³/mol. The zero-order valence-electron chi connectivity index (χ0n) is 8.73. The fraction of sp³-hybridized carbons (Fsp3) is 0.167. The minimum atomic E-state index is -0.456. The van der Waals surface area contributed by atoms with E-state index >= 15 is 0 Å². The van der Waals surface area contributed by atoms with Crippen LogP contribution in [-0.2, 0) is 16.1 Å². The average molecular weight is 218 g/mol. The molecule has 0 radical (unpaired) electrons. The number of carbonyl (C=O) groups excluding carboxylic acids is 1. The molecule has 0 fully saturated rings. The second-order valence-electron chi connectivity index (χ2n) is 3.34. The van der Waals surface area contributed by atoms with E-state index in [9.17, 15) is 9.59 Å². The Labute approximate surface area is 91.8 Å². The van der Waals surface area contributed by atoms with E-state index in [-0.39, 0.29) is 6.61 Å². The molecule has 0 atom stereocenters. The van der Waals surface area contributed by atoms with Crippen molar-refractivity contribution >= 4 is 5.97 Å². The summed E-state index contributed by atoms with van der Waals surface area (Å²) in [5, 5.41) is 0. The monoisotopic (exact) mass is 218 g/mol. The smallest absolute Gasteiger partial charge is 0.343 e. The molecule has 82 valence electrons. The molecule has 0 N–H and O–H groups in total. The van der Waals surface area contributed by atoms with Crippen LogP contribution in [0.2, 0.25) is 0 Å². The van der Waals surface area contributed by atoms with Gasteiger partial charge in [-0.3, -0.25) is 4.79 Å². The van der Waals surface area contributed by atoms with E-state index in [1.165, 1.54) is 6.92 Å². The fourth-order valence-corrected chi connectivity index (χ4v) is 1.45. The third-order valence-corrected chi connectivity index (χ3v) is 2.19. The quantitative estimate of drug-likeness (QED) is 0.721. The minimum Gasteiger partial charge on any atom is -0.461 e. The lowest BCUT2D eigenvalue weighted by Crippen LogP contribution is -2.06. The number of fused-ring (bicyclic) bond motifs is 1. The molecule has 0 saturated heterocycles. The van der Waals surface area contributed by atoms with Crippen LogP contribution in [0.15, 0.2) is 39.5 Å². The SMILES string of the molecule is CC(=O)OCc1c2cccccc-2oc1=O. The second kappa shape index (κ2) is 4.18. The number of carbonyl (C=O) groups is 1. The van der Waals surface area contributed by atoms with E-state index in [1.807, 2.05) is 6.07 Å². The zero-order chi connectivity index (χ0) is 11.5. The highest BCUT2D eigenvalue weighted by atomic mass is 16.5. The Hall–Kier alpha value is -2.10. The molecule has 1 heterocycles. The summed E-state index contributed by atoms with van der Waals surface area (Å²) < 4.78 is 9.85. The van der Waals surface area contributed by atoms with Gasteiger partial charge in [0, 0.05) is 12.5 Å². The predicted octanol–water partition coefficient (Wildman–Crippen LogP) is 1.81. The van der Waals surface area contributed by atoms with Gasteiger partial charge in [-0.15, -0.1) is 0 Å². The Morgan fingerprint density at radius 2 is 2.06 bits per heavy atom. The molecule has 0 aromatic heterocycles. The van der Waals surface area contributed by atoms with Gasteiger partial charge in [0.15, 0.2) is 0 Å². The molecular formula is C12H10O4. The van der Waals surface area contributed by atoms with Crippen molar-refractivity contribution in [2.45, 2.75) is 13.5 Å². The summed E-state index contributed by atoms with van der Waals surface area (Å²) in [6.07, 6.45) is 0. The summed E-state index contributed by atoms with van der Waals surface area (Å²) in [6.45, 7) is 1.25. The molecule has 1 aliphatic carbocycles. The Morgan fingerprint density at radius 1 is 1.31 bits per heavy atom. The Kier molecular flexibility index (Phi) is 2.72. The van der Waals surface area contributed by atoms with E-state index in [4.69, 9.17) is 9.15 Å². The van der Waals surface area contributed by atoms with Crippen molar-refractivity contribution in [2.75, 3.05) is 0 Å². The number of rotatable bonds is 2. The molecule has 2 rings (SSSR count). The van der Waals surface area contributed by atoms with E-state index in [2.05, 4.69) is 0 Å². The number of hydrogen-bond acceptors (Lipinski definition) is 4. The maximum atomic E-state index is 11.5.